The monoisotopic (exact) mass is 385 g/mol. The van der Waals surface area contributed by atoms with Gasteiger partial charge in [0.2, 0.25) is 0 Å². The predicted octanol–water partition coefficient (Wildman–Crippen LogP) is 6.50. The molecule has 0 atom stereocenters. The quantitative estimate of drug-likeness (QED) is 0.505. The number of hydrogen-bond donors (Lipinski definition) is 0. The van der Waals surface area contributed by atoms with Crippen LogP contribution >= 0.6 is 11.8 Å². The number of para-hydroxylation sites is 1. The van der Waals surface area contributed by atoms with Crippen molar-refractivity contribution in [3.05, 3.63) is 65.7 Å². The Morgan fingerprint density at radius 3 is 2.57 bits per heavy atom. The van der Waals surface area contributed by atoms with Gasteiger partial charge in [-0.25, -0.2) is 9.98 Å². The van der Waals surface area contributed by atoms with Crippen molar-refractivity contribution in [2.24, 2.45) is 9.98 Å². The molecule has 4 heteroatoms. The number of pyridine rings is 1. The third kappa shape index (κ3) is 3.49. The molecule has 28 heavy (non-hydrogen) atoms. The topological polar surface area (TPSA) is 37.6 Å². The lowest BCUT2D eigenvalue weighted by atomic mass is 9.96. The van der Waals surface area contributed by atoms with Crippen LogP contribution in [0.2, 0.25) is 0 Å². The molecule has 1 aliphatic carbocycles. The third-order valence-electron chi connectivity index (χ3n) is 5.49. The van der Waals surface area contributed by atoms with E-state index in [4.69, 9.17) is 15.0 Å². The first-order chi connectivity index (χ1) is 13.8. The first-order valence-electron chi connectivity index (χ1n) is 10.1. The molecule has 3 nitrogen and oxygen atoms in total. The van der Waals surface area contributed by atoms with Gasteiger partial charge >= 0.3 is 0 Å². The first-order valence-corrected chi connectivity index (χ1v) is 10.9. The molecule has 5 rings (SSSR count). The summed E-state index contributed by atoms with van der Waals surface area (Å²) in [6.07, 6.45) is 6.28. The van der Waals surface area contributed by atoms with Gasteiger partial charge < -0.3 is 0 Å². The zero-order chi connectivity index (χ0) is 18.9. The van der Waals surface area contributed by atoms with Crippen molar-refractivity contribution in [2.45, 2.75) is 50.1 Å². The first kappa shape index (κ1) is 17.6. The molecule has 2 aromatic carbocycles. The van der Waals surface area contributed by atoms with E-state index in [0.29, 0.717) is 6.04 Å². The molecule has 1 fully saturated rings. The highest BCUT2D eigenvalue weighted by atomic mass is 32.2. The molecular formula is C24H23N3S. The highest BCUT2D eigenvalue weighted by Gasteiger charge is 2.29. The van der Waals surface area contributed by atoms with Crippen LogP contribution in [0.4, 0.5) is 5.69 Å². The third-order valence-corrected chi connectivity index (χ3v) is 6.49. The molecule has 1 aliphatic heterocycles. The SMILES string of the molecule is Cc1ccc(N=C2C(=NC3CCCCC3)Sc3nc4ccccc4cc32)cc1. The summed E-state index contributed by atoms with van der Waals surface area (Å²) in [5.41, 5.74) is 5.33. The summed E-state index contributed by atoms with van der Waals surface area (Å²) in [6, 6.07) is 19.3. The van der Waals surface area contributed by atoms with E-state index < -0.39 is 0 Å². The highest BCUT2D eigenvalue weighted by Crippen LogP contribution is 2.37. The molecule has 3 aromatic rings. The molecule has 0 spiro atoms. The van der Waals surface area contributed by atoms with Crippen molar-refractivity contribution >= 4 is 39.1 Å². The lowest BCUT2D eigenvalue weighted by Crippen LogP contribution is -2.15. The van der Waals surface area contributed by atoms with Crippen LogP contribution in [0.15, 0.2) is 69.6 Å². The van der Waals surface area contributed by atoms with Crippen LogP contribution in [-0.2, 0) is 0 Å². The van der Waals surface area contributed by atoms with Gasteiger partial charge in [-0.3, -0.25) is 4.99 Å². The second-order valence-corrected chi connectivity index (χ2v) is 8.64. The van der Waals surface area contributed by atoms with Gasteiger partial charge in [0.15, 0.2) is 0 Å². The van der Waals surface area contributed by atoms with Crippen LogP contribution < -0.4 is 0 Å². The van der Waals surface area contributed by atoms with Gasteiger partial charge in [-0.1, -0.05) is 55.2 Å². The minimum absolute atomic E-state index is 0.420. The zero-order valence-electron chi connectivity index (χ0n) is 16.1. The molecule has 2 heterocycles. The minimum Gasteiger partial charge on any atom is -0.272 e. The number of thioether (sulfide) groups is 1. The number of aliphatic imine (C=N–C) groups is 2. The summed E-state index contributed by atoms with van der Waals surface area (Å²) < 4.78 is 0. The molecule has 0 radical (unpaired) electrons. The Bertz CT molecular complexity index is 1080. The fourth-order valence-electron chi connectivity index (χ4n) is 3.92. The summed E-state index contributed by atoms with van der Waals surface area (Å²) in [7, 11) is 0. The number of nitrogens with zero attached hydrogens (tertiary/aromatic N) is 3. The zero-order valence-corrected chi connectivity index (χ0v) is 16.9. The van der Waals surface area contributed by atoms with E-state index in [9.17, 15) is 0 Å². The van der Waals surface area contributed by atoms with Crippen LogP contribution in [0.3, 0.4) is 0 Å². The number of rotatable bonds is 2. The van der Waals surface area contributed by atoms with Gasteiger partial charge in [0.1, 0.15) is 15.8 Å². The van der Waals surface area contributed by atoms with Crippen LogP contribution in [-0.4, -0.2) is 21.8 Å². The van der Waals surface area contributed by atoms with E-state index in [2.05, 4.69) is 55.5 Å². The Morgan fingerprint density at radius 1 is 0.964 bits per heavy atom. The van der Waals surface area contributed by atoms with E-state index in [0.717, 1.165) is 37.9 Å². The number of aryl methyl sites for hydroxylation is 1. The maximum absolute atomic E-state index is 5.14. The lowest BCUT2D eigenvalue weighted by molar-refractivity contribution is 0.444. The van der Waals surface area contributed by atoms with E-state index in [1.807, 2.05) is 6.07 Å². The number of fused-ring (bicyclic) bond motifs is 2. The van der Waals surface area contributed by atoms with E-state index >= 15 is 0 Å². The average molecular weight is 386 g/mol. The van der Waals surface area contributed by atoms with Gasteiger partial charge in [0.05, 0.1) is 17.2 Å². The summed E-state index contributed by atoms with van der Waals surface area (Å²) >= 11 is 1.68. The minimum atomic E-state index is 0.420. The van der Waals surface area contributed by atoms with Crippen LogP contribution in [0, 0.1) is 6.92 Å². The van der Waals surface area contributed by atoms with Crippen LogP contribution in [0.25, 0.3) is 10.9 Å². The summed E-state index contributed by atoms with van der Waals surface area (Å²) in [5, 5.41) is 3.21. The Kier molecular flexibility index (Phi) is 4.73. The molecular weight excluding hydrogens is 362 g/mol. The van der Waals surface area contributed by atoms with Gasteiger partial charge in [-0.05, 0) is 55.8 Å². The standard InChI is InChI=1S/C24H23N3S/c1-16-11-13-19(14-12-16)25-22-20-15-17-7-5-6-10-21(17)27-23(20)28-24(22)26-18-8-3-2-4-9-18/h5-7,10-15,18H,2-4,8-9H2,1H3. The predicted molar refractivity (Wildman–Crippen MR) is 119 cm³/mol. The number of aromatic nitrogens is 1. The van der Waals surface area contributed by atoms with Gasteiger partial charge in [0.25, 0.3) is 0 Å². The summed E-state index contributed by atoms with van der Waals surface area (Å²) in [5.74, 6) is 0. The Labute approximate surface area is 170 Å². The van der Waals surface area contributed by atoms with Crippen molar-refractivity contribution in [2.75, 3.05) is 0 Å². The van der Waals surface area contributed by atoms with Crippen molar-refractivity contribution in [1.29, 1.82) is 0 Å². The van der Waals surface area contributed by atoms with Gasteiger partial charge in [-0.2, -0.15) is 0 Å². The smallest absolute Gasteiger partial charge is 0.123 e. The second kappa shape index (κ2) is 7.51. The molecule has 0 saturated heterocycles. The lowest BCUT2D eigenvalue weighted by Gasteiger charge is -2.18. The maximum Gasteiger partial charge on any atom is 0.123 e. The fourth-order valence-corrected chi connectivity index (χ4v) is 4.97. The molecule has 0 unspecified atom stereocenters. The van der Waals surface area contributed by atoms with Crippen LogP contribution in [0.5, 0.6) is 0 Å². The Hall–Kier alpha value is -2.46. The van der Waals surface area contributed by atoms with Crippen molar-refractivity contribution in [3.63, 3.8) is 0 Å². The van der Waals surface area contributed by atoms with E-state index in [1.54, 1.807) is 11.8 Å². The molecule has 1 aromatic heterocycles. The van der Waals surface area contributed by atoms with Crippen LogP contribution in [0.1, 0.15) is 43.2 Å². The normalized spacial score (nSPS) is 20.2. The number of hydrogen-bond acceptors (Lipinski definition) is 4. The fraction of sp³-hybridized carbons (Fsp3) is 0.292. The van der Waals surface area contributed by atoms with Crippen molar-refractivity contribution < 1.29 is 0 Å². The molecule has 2 aliphatic rings. The van der Waals surface area contributed by atoms with E-state index in [-0.39, 0.29) is 0 Å². The summed E-state index contributed by atoms with van der Waals surface area (Å²) in [6.45, 7) is 2.10. The molecule has 0 N–H and O–H groups in total. The molecule has 0 bridgehead atoms. The number of benzene rings is 2. The van der Waals surface area contributed by atoms with E-state index in [1.165, 1.54) is 37.7 Å². The van der Waals surface area contributed by atoms with Gasteiger partial charge in [-0.15, -0.1) is 0 Å². The second-order valence-electron chi connectivity index (χ2n) is 7.66. The molecule has 1 saturated carbocycles. The van der Waals surface area contributed by atoms with Gasteiger partial charge in [0, 0.05) is 10.9 Å². The Morgan fingerprint density at radius 2 is 1.75 bits per heavy atom. The molecule has 140 valence electrons. The van der Waals surface area contributed by atoms with Crippen molar-refractivity contribution in [3.8, 4) is 0 Å². The average Bonchev–Trinajstić information content (AvgIpc) is 3.04. The summed E-state index contributed by atoms with van der Waals surface area (Å²) in [4.78, 5) is 15.1. The largest absolute Gasteiger partial charge is 0.272 e. The van der Waals surface area contributed by atoms with Crippen molar-refractivity contribution in [1.82, 2.24) is 4.98 Å². The molecule has 0 amide bonds. The highest BCUT2D eigenvalue weighted by molar-refractivity contribution is 8.16. The maximum atomic E-state index is 5.14. The Balaban J connectivity index is 1.62.